The molecule has 0 unspecified atom stereocenters. The smallest absolute Gasteiger partial charge is 0.174 e. The lowest BCUT2D eigenvalue weighted by atomic mass is 9.75. The van der Waals surface area contributed by atoms with Crippen molar-refractivity contribution in [2.24, 2.45) is 23.7 Å². The van der Waals surface area contributed by atoms with Gasteiger partial charge in [-0.1, -0.05) is 101 Å². The molecule has 17 heteroatoms. The highest BCUT2D eigenvalue weighted by molar-refractivity contribution is 5.18. The van der Waals surface area contributed by atoms with Crippen molar-refractivity contribution in [3.8, 4) is 0 Å². The van der Waals surface area contributed by atoms with Crippen LogP contribution in [0.4, 0.5) is 0 Å². The summed E-state index contributed by atoms with van der Waals surface area (Å²) in [6.45, 7) is 14.5. The van der Waals surface area contributed by atoms with Crippen LogP contribution in [-0.4, -0.2) is 197 Å². The van der Waals surface area contributed by atoms with Gasteiger partial charge in [0.15, 0.2) is 5.79 Å². The van der Waals surface area contributed by atoms with Gasteiger partial charge < -0.3 is 82.0 Å². The fourth-order valence-corrected chi connectivity index (χ4v) is 15.8. The van der Waals surface area contributed by atoms with Crippen LogP contribution in [-0.2, 0) is 61.6 Å². The zero-order chi connectivity index (χ0) is 53.1. The molecule has 13 aliphatic rings. The summed E-state index contributed by atoms with van der Waals surface area (Å²) in [6.07, 6.45) is 15.4. The van der Waals surface area contributed by atoms with Crippen molar-refractivity contribution in [3.05, 3.63) is 73.4 Å². The van der Waals surface area contributed by atoms with E-state index in [-0.39, 0.29) is 104 Å². The molecule has 0 aromatic carbocycles. The Labute approximate surface area is 453 Å². The maximum Gasteiger partial charge on any atom is 0.174 e. The van der Waals surface area contributed by atoms with Gasteiger partial charge in [0, 0.05) is 43.9 Å². The molecule has 426 valence electrons. The first-order valence-corrected chi connectivity index (χ1v) is 29.4. The summed E-state index contributed by atoms with van der Waals surface area (Å²) >= 11 is 0. The van der Waals surface area contributed by atoms with Gasteiger partial charge in [-0.05, 0) is 50.9 Å². The molecule has 0 amide bonds. The Kier molecular flexibility index (Phi) is 15.1. The van der Waals surface area contributed by atoms with Gasteiger partial charge in [-0.3, -0.25) is 0 Å². The van der Waals surface area contributed by atoms with E-state index in [1.54, 1.807) is 6.08 Å². The molecular formula is C60H84O17. The van der Waals surface area contributed by atoms with Gasteiger partial charge in [0.1, 0.15) is 54.4 Å². The largest absolute Gasteiger partial charge is 0.391 e. The predicted octanol–water partition coefficient (Wildman–Crippen LogP) is 4.80. The van der Waals surface area contributed by atoms with E-state index in [1.165, 1.54) is 0 Å². The van der Waals surface area contributed by atoms with E-state index >= 15 is 0 Å². The highest BCUT2D eigenvalue weighted by Crippen LogP contribution is 2.52. The molecule has 13 heterocycles. The standard InChI is InChI=1S/C60H84O17/c1-7-8-12-34-13-11-16-41-56(66-34)53(64)57-49(70-41)23-43-40(73-57)20-19-38-39(68-43)18-17-37-35(67-38)14-9-10-15-36-45(69-37)25-50(62)59(6)51(72-36)26-46-47(76-59)22-29(2)21-42-44(71-46)24-48-54(74-42)31(4)52(63)58-55(75-48)30(3)32(5)60(77-58)27-33(61)28-65-60/h7-13,17-20,29-58,61-64H,1,14-16,21-28H2,2-6H3/b10-9-,12-8+/t29-,30+,31+,32+,33+,34+,35-,36+,37+,38+,39-,40-,41+,42+,43+,44-,45-,46+,47-,48+,49-,50-,51-,52+,53-,54-,55-,56+,57-,58+,59+,60-/m1/s1. The molecule has 9 fully saturated rings. The van der Waals surface area contributed by atoms with Gasteiger partial charge in [-0.25, -0.2) is 0 Å². The van der Waals surface area contributed by atoms with Gasteiger partial charge in [0.2, 0.25) is 0 Å². The zero-order valence-corrected chi connectivity index (χ0v) is 45.3. The summed E-state index contributed by atoms with van der Waals surface area (Å²) < 4.78 is 89.1. The second-order valence-corrected chi connectivity index (χ2v) is 25.3. The predicted molar refractivity (Wildman–Crippen MR) is 276 cm³/mol. The van der Waals surface area contributed by atoms with Crippen LogP contribution in [0.15, 0.2) is 73.4 Å². The summed E-state index contributed by atoms with van der Waals surface area (Å²) in [5.74, 6) is -1.16. The molecule has 32 atom stereocenters. The zero-order valence-electron chi connectivity index (χ0n) is 45.3. The fourth-order valence-electron chi connectivity index (χ4n) is 15.8. The first kappa shape index (κ1) is 54.0. The molecule has 0 aromatic heterocycles. The Morgan fingerprint density at radius 2 is 1.12 bits per heavy atom. The molecule has 17 nitrogen and oxygen atoms in total. The van der Waals surface area contributed by atoms with Gasteiger partial charge in [0.25, 0.3) is 0 Å². The molecule has 0 aromatic rings. The number of aliphatic hydroxyl groups excluding tert-OH is 4. The molecule has 1 spiro atoms. The lowest BCUT2D eigenvalue weighted by Gasteiger charge is -2.53. The summed E-state index contributed by atoms with van der Waals surface area (Å²) in [4.78, 5) is 0. The van der Waals surface area contributed by atoms with Crippen LogP contribution in [0, 0.1) is 23.7 Å². The van der Waals surface area contributed by atoms with E-state index < -0.39 is 96.8 Å². The van der Waals surface area contributed by atoms with E-state index in [1.807, 2.05) is 50.3 Å². The van der Waals surface area contributed by atoms with Crippen LogP contribution in [0.25, 0.3) is 0 Å². The van der Waals surface area contributed by atoms with Crippen molar-refractivity contribution in [2.45, 2.75) is 269 Å². The summed E-state index contributed by atoms with van der Waals surface area (Å²) in [7, 11) is 0. The maximum absolute atomic E-state index is 12.4. The van der Waals surface area contributed by atoms with Crippen molar-refractivity contribution in [1.82, 2.24) is 0 Å². The van der Waals surface area contributed by atoms with Crippen molar-refractivity contribution >= 4 is 0 Å². The van der Waals surface area contributed by atoms with E-state index in [0.717, 1.165) is 12.8 Å². The number of hydrogen-bond donors (Lipinski definition) is 4. The summed E-state index contributed by atoms with van der Waals surface area (Å²) in [6, 6.07) is 0. The van der Waals surface area contributed by atoms with Crippen LogP contribution in [0.2, 0.25) is 0 Å². The molecule has 77 heavy (non-hydrogen) atoms. The maximum atomic E-state index is 12.4. The molecule has 9 saturated heterocycles. The third-order valence-corrected chi connectivity index (χ3v) is 20.3. The first-order chi connectivity index (χ1) is 37.1. The number of allylic oxidation sites excluding steroid dienone is 2. The van der Waals surface area contributed by atoms with Crippen LogP contribution in [0.1, 0.15) is 98.8 Å². The molecule has 0 aliphatic carbocycles. The lowest BCUT2D eigenvalue weighted by molar-refractivity contribution is -0.339. The molecule has 4 N–H and O–H groups in total. The normalized spacial score (nSPS) is 57.5. The Morgan fingerprint density at radius 3 is 1.90 bits per heavy atom. The van der Waals surface area contributed by atoms with Gasteiger partial charge in [-0.2, -0.15) is 0 Å². The number of hydrogen-bond acceptors (Lipinski definition) is 17. The number of aliphatic hydroxyl groups is 4. The second kappa shape index (κ2) is 21.5. The van der Waals surface area contributed by atoms with Crippen molar-refractivity contribution in [2.75, 3.05) is 6.61 Å². The highest BCUT2D eigenvalue weighted by Gasteiger charge is 2.63. The molecule has 0 saturated carbocycles. The van der Waals surface area contributed by atoms with Crippen LogP contribution in [0.3, 0.4) is 0 Å². The minimum absolute atomic E-state index is 0.0247. The number of ether oxygens (including phenoxy) is 13. The third-order valence-electron chi connectivity index (χ3n) is 20.3. The average molecular weight is 1080 g/mol. The van der Waals surface area contributed by atoms with Gasteiger partial charge in [-0.15, -0.1) is 0 Å². The quantitative estimate of drug-likeness (QED) is 0.217. The topological polar surface area (TPSA) is 201 Å². The lowest BCUT2D eigenvalue weighted by Crippen LogP contribution is -2.63. The van der Waals surface area contributed by atoms with Gasteiger partial charge in [0.05, 0.1) is 116 Å². The average Bonchev–Trinajstić information content (AvgIpc) is 3.59. The summed E-state index contributed by atoms with van der Waals surface area (Å²) in [5, 5.41) is 46.7. The molecule has 0 bridgehead atoms. The SMILES string of the molecule is C=C/C=C/[C@H]1C=CC[C@@H]2O[C@@H]3C[C@@H]4O[C@@H]5C=C[C@@H]6O[C@@H]7C[C@@H](O)[C@]8(C)O[C@@H]9C[C@H](C)C[C@@H]%10O[C@@H]%11[C@@H](C)[C@H](O)[C@@H]%12O[C@]%13(C[C@H](O)CO%13)[C@@H](C)[C@H](C)[C@H]%12O[C@H]%11C[C@H]%10O[C@H]9C[C@H]8O[C@H]7C/C=C\C[C@H]6O[C@H]5C=C[C@H]4O[C@H]3[C@H](O)[C@H]2O1. The Hall–Kier alpha value is -2.24. The molecule has 13 rings (SSSR count). The van der Waals surface area contributed by atoms with E-state index in [0.29, 0.717) is 51.4 Å². The monoisotopic (exact) mass is 1080 g/mol. The Morgan fingerprint density at radius 1 is 0.494 bits per heavy atom. The molecule has 13 aliphatic heterocycles. The Bertz CT molecular complexity index is 2270. The minimum atomic E-state index is -1.03. The summed E-state index contributed by atoms with van der Waals surface area (Å²) in [5.41, 5.74) is -1.03. The van der Waals surface area contributed by atoms with Gasteiger partial charge >= 0.3 is 0 Å². The van der Waals surface area contributed by atoms with Crippen LogP contribution in [0.5, 0.6) is 0 Å². The number of fused-ring (bicyclic) bond motifs is 11. The third kappa shape index (κ3) is 9.91. The molecule has 0 radical (unpaired) electrons. The first-order valence-electron chi connectivity index (χ1n) is 29.4. The van der Waals surface area contributed by atoms with Crippen LogP contribution < -0.4 is 0 Å². The molecular weight excluding hydrogens is 993 g/mol. The van der Waals surface area contributed by atoms with E-state index in [4.69, 9.17) is 61.6 Å². The Balaban J connectivity index is 0.685. The number of rotatable bonds is 2. The highest BCUT2D eigenvalue weighted by atomic mass is 16.7. The van der Waals surface area contributed by atoms with Crippen molar-refractivity contribution in [1.29, 1.82) is 0 Å². The fraction of sp³-hybridized carbons (Fsp3) is 0.800. The van der Waals surface area contributed by atoms with Crippen LogP contribution >= 0.6 is 0 Å². The van der Waals surface area contributed by atoms with E-state index in [2.05, 4.69) is 51.7 Å². The van der Waals surface area contributed by atoms with Crippen molar-refractivity contribution in [3.63, 3.8) is 0 Å². The van der Waals surface area contributed by atoms with E-state index in [9.17, 15) is 20.4 Å². The second-order valence-electron chi connectivity index (χ2n) is 25.3. The van der Waals surface area contributed by atoms with Crippen molar-refractivity contribution < 1.29 is 82.0 Å². The minimum Gasteiger partial charge on any atom is -0.391 e.